The second kappa shape index (κ2) is 7.88. The third-order valence-electron chi connectivity index (χ3n) is 3.52. The smallest absolute Gasteiger partial charge is 0.341 e. The number of carbonyl (C=O) groups is 2. The Kier molecular flexibility index (Phi) is 5.38. The maximum absolute atomic E-state index is 12.4. The van der Waals surface area contributed by atoms with Crippen LogP contribution in [0, 0.1) is 0 Å². The maximum atomic E-state index is 12.4. The molecular weight excluding hydrogens is 352 g/mol. The number of benzene rings is 2. The standard InChI is InChI=1S/C19H16N2O4S/c1-21-18(24)16(26-19(21)20-14-5-3-2-4-6-14)11-13-7-9-15(10-8-13)25-12-17(22)23/h2-11H,12H2,1H3,(H,22,23)/b16-11+,20-19?. The second-order valence-corrected chi connectivity index (χ2v) is 6.47. The lowest BCUT2D eigenvalue weighted by molar-refractivity contribution is -0.139. The van der Waals surface area contributed by atoms with Gasteiger partial charge in [-0.2, -0.15) is 0 Å². The fourth-order valence-corrected chi connectivity index (χ4v) is 3.21. The number of nitrogens with zero attached hydrogens (tertiary/aromatic N) is 2. The lowest BCUT2D eigenvalue weighted by atomic mass is 10.2. The van der Waals surface area contributed by atoms with Gasteiger partial charge in [-0.25, -0.2) is 9.79 Å². The summed E-state index contributed by atoms with van der Waals surface area (Å²) in [5, 5.41) is 9.23. The molecule has 0 spiro atoms. The topological polar surface area (TPSA) is 79.2 Å². The van der Waals surface area contributed by atoms with E-state index in [1.165, 1.54) is 16.7 Å². The molecular formula is C19H16N2O4S. The van der Waals surface area contributed by atoms with Gasteiger partial charge in [-0.15, -0.1) is 0 Å². The number of carboxylic acids is 1. The van der Waals surface area contributed by atoms with E-state index in [0.29, 0.717) is 15.8 Å². The minimum Gasteiger partial charge on any atom is -0.482 e. The molecule has 3 rings (SSSR count). The van der Waals surface area contributed by atoms with Crippen molar-refractivity contribution in [2.24, 2.45) is 4.99 Å². The lowest BCUT2D eigenvalue weighted by Crippen LogP contribution is -2.23. The fourth-order valence-electron chi connectivity index (χ4n) is 2.22. The van der Waals surface area contributed by atoms with E-state index in [0.717, 1.165) is 11.3 Å². The van der Waals surface area contributed by atoms with Crippen molar-refractivity contribution in [2.75, 3.05) is 13.7 Å². The summed E-state index contributed by atoms with van der Waals surface area (Å²) in [6, 6.07) is 16.3. The third kappa shape index (κ3) is 4.31. The fraction of sp³-hybridized carbons (Fsp3) is 0.105. The average molecular weight is 368 g/mol. The van der Waals surface area contributed by atoms with Gasteiger partial charge >= 0.3 is 5.97 Å². The predicted octanol–water partition coefficient (Wildman–Crippen LogP) is 3.38. The van der Waals surface area contributed by atoms with Gasteiger partial charge in [-0.05, 0) is 47.7 Å². The number of thioether (sulfide) groups is 1. The van der Waals surface area contributed by atoms with Crippen molar-refractivity contribution < 1.29 is 19.4 Å². The van der Waals surface area contributed by atoms with Gasteiger partial charge in [0.15, 0.2) is 11.8 Å². The minimum absolute atomic E-state index is 0.115. The molecule has 2 aromatic carbocycles. The zero-order valence-corrected chi connectivity index (χ0v) is 14.8. The molecule has 0 aliphatic carbocycles. The van der Waals surface area contributed by atoms with Gasteiger partial charge in [0.05, 0.1) is 10.6 Å². The average Bonchev–Trinajstić information content (AvgIpc) is 2.90. The van der Waals surface area contributed by atoms with Crippen LogP contribution < -0.4 is 4.74 Å². The van der Waals surface area contributed by atoms with Crippen LogP contribution in [0.5, 0.6) is 5.75 Å². The van der Waals surface area contributed by atoms with Gasteiger partial charge in [0.25, 0.3) is 5.91 Å². The van der Waals surface area contributed by atoms with E-state index >= 15 is 0 Å². The Morgan fingerprint density at radius 1 is 1.19 bits per heavy atom. The SMILES string of the molecule is CN1C(=O)/C(=C\c2ccc(OCC(=O)O)cc2)SC1=Nc1ccccc1. The van der Waals surface area contributed by atoms with Gasteiger partial charge in [-0.3, -0.25) is 9.69 Å². The highest BCUT2D eigenvalue weighted by atomic mass is 32.2. The van der Waals surface area contributed by atoms with E-state index in [9.17, 15) is 9.59 Å². The van der Waals surface area contributed by atoms with Crippen LogP contribution in [0.1, 0.15) is 5.56 Å². The number of ether oxygens (including phenoxy) is 1. The first-order valence-corrected chi connectivity index (χ1v) is 8.60. The number of likely N-dealkylation sites (N-methyl/N-ethyl adjacent to an activating group) is 1. The summed E-state index contributed by atoms with van der Waals surface area (Å²) in [4.78, 5) is 29.5. The lowest BCUT2D eigenvalue weighted by Gasteiger charge is -2.06. The molecule has 0 unspecified atom stereocenters. The van der Waals surface area contributed by atoms with Crippen molar-refractivity contribution in [1.82, 2.24) is 4.90 Å². The number of aliphatic carboxylic acids is 1. The molecule has 1 amide bonds. The summed E-state index contributed by atoms with van der Waals surface area (Å²) >= 11 is 1.31. The molecule has 1 aliphatic rings. The van der Waals surface area contributed by atoms with Crippen LogP contribution in [0.4, 0.5) is 5.69 Å². The number of carboxylic acid groups (broad SMARTS) is 1. The molecule has 7 heteroatoms. The van der Waals surface area contributed by atoms with Crippen molar-refractivity contribution in [1.29, 1.82) is 0 Å². The van der Waals surface area contributed by atoms with E-state index in [1.54, 1.807) is 37.4 Å². The molecule has 1 heterocycles. The Labute approximate surface area is 154 Å². The summed E-state index contributed by atoms with van der Waals surface area (Å²) in [7, 11) is 1.70. The molecule has 1 saturated heterocycles. The Morgan fingerprint density at radius 2 is 1.88 bits per heavy atom. The monoisotopic (exact) mass is 368 g/mol. The largest absolute Gasteiger partial charge is 0.482 e. The van der Waals surface area contributed by atoms with Gasteiger partial charge < -0.3 is 9.84 Å². The normalized spacial score (nSPS) is 17.1. The molecule has 1 aliphatic heterocycles. The number of para-hydroxylation sites is 1. The van der Waals surface area contributed by atoms with Crippen LogP contribution in [0.15, 0.2) is 64.5 Å². The quantitative estimate of drug-likeness (QED) is 0.819. The van der Waals surface area contributed by atoms with Gasteiger partial charge in [0.1, 0.15) is 5.75 Å². The first kappa shape index (κ1) is 17.8. The Morgan fingerprint density at radius 3 is 2.54 bits per heavy atom. The number of hydrogen-bond acceptors (Lipinski definition) is 5. The summed E-state index contributed by atoms with van der Waals surface area (Å²) in [5.41, 5.74) is 1.61. The molecule has 0 aromatic heterocycles. The van der Waals surface area contributed by atoms with Crippen LogP contribution >= 0.6 is 11.8 Å². The molecule has 26 heavy (non-hydrogen) atoms. The first-order valence-electron chi connectivity index (χ1n) is 7.79. The zero-order valence-electron chi connectivity index (χ0n) is 14.0. The van der Waals surface area contributed by atoms with Crippen LogP contribution in [-0.2, 0) is 9.59 Å². The number of carbonyl (C=O) groups excluding carboxylic acids is 1. The predicted molar refractivity (Wildman–Crippen MR) is 101 cm³/mol. The van der Waals surface area contributed by atoms with Gasteiger partial charge in [-0.1, -0.05) is 30.3 Å². The van der Waals surface area contributed by atoms with Crippen molar-refractivity contribution >= 4 is 40.6 Å². The van der Waals surface area contributed by atoms with Crippen LogP contribution in [0.25, 0.3) is 6.08 Å². The molecule has 1 fully saturated rings. The molecule has 1 N–H and O–H groups in total. The van der Waals surface area contributed by atoms with Crippen molar-refractivity contribution in [3.63, 3.8) is 0 Å². The molecule has 132 valence electrons. The van der Waals surface area contributed by atoms with Crippen LogP contribution in [-0.4, -0.2) is 40.7 Å². The minimum atomic E-state index is -1.03. The Bertz CT molecular complexity index is 876. The molecule has 0 bridgehead atoms. The molecule has 0 saturated carbocycles. The summed E-state index contributed by atoms with van der Waals surface area (Å²) < 4.78 is 5.09. The van der Waals surface area contributed by atoms with E-state index in [2.05, 4.69) is 4.99 Å². The highest BCUT2D eigenvalue weighted by Crippen LogP contribution is 2.33. The van der Waals surface area contributed by atoms with Crippen LogP contribution in [0.3, 0.4) is 0 Å². The first-order chi connectivity index (χ1) is 12.5. The zero-order chi connectivity index (χ0) is 18.5. The summed E-state index contributed by atoms with van der Waals surface area (Å²) in [6.07, 6.45) is 1.78. The summed E-state index contributed by atoms with van der Waals surface area (Å²) in [6.45, 7) is -0.390. The van der Waals surface area contributed by atoms with Gasteiger partial charge in [0, 0.05) is 7.05 Å². The summed E-state index contributed by atoms with van der Waals surface area (Å²) in [5.74, 6) is -0.684. The number of aliphatic imine (C=N–C) groups is 1. The molecule has 2 aromatic rings. The third-order valence-corrected chi connectivity index (χ3v) is 4.58. The Balaban J connectivity index is 1.75. The number of hydrogen-bond donors (Lipinski definition) is 1. The van der Waals surface area contributed by atoms with E-state index < -0.39 is 12.6 Å². The van der Waals surface area contributed by atoms with E-state index in [-0.39, 0.29) is 5.91 Å². The second-order valence-electron chi connectivity index (χ2n) is 5.46. The number of amidine groups is 1. The highest BCUT2D eigenvalue weighted by molar-refractivity contribution is 8.18. The van der Waals surface area contributed by atoms with E-state index in [1.807, 2.05) is 30.3 Å². The molecule has 0 atom stereocenters. The Hall–Kier alpha value is -3.06. The van der Waals surface area contributed by atoms with Crippen LogP contribution in [0.2, 0.25) is 0 Å². The highest BCUT2D eigenvalue weighted by Gasteiger charge is 2.30. The van der Waals surface area contributed by atoms with Crippen molar-refractivity contribution in [3.8, 4) is 5.75 Å². The number of amides is 1. The van der Waals surface area contributed by atoms with Gasteiger partial charge in [0.2, 0.25) is 0 Å². The maximum Gasteiger partial charge on any atom is 0.341 e. The van der Waals surface area contributed by atoms with Crippen molar-refractivity contribution in [2.45, 2.75) is 0 Å². The van der Waals surface area contributed by atoms with E-state index in [4.69, 9.17) is 9.84 Å². The molecule has 6 nitrogen and oxygen atoms in total. The van der Waals surface area contributed by atoms with Crippen molar-refractivity contribution in [3.05, 3.63) is 65.1 Å². The number of rotatable bonds is 5. The molecule has 0 radical (unpaired) electrons.